The highest BCUT2D eigenvalue weighted by Crippen LogP contribution is 2.34. The van der Waals surface area contributed by atoms with Crippen LogP contribution in [-0.4, -0.2) is 42.9 Å². The summed E-state index contributed by atoms with van der Waals surface area (Å²) < 4.78 is 23.0. The first-order chi connectivity index (χ1) is 12.6. The largest absolute Gasteiger partial charge is 0.382 e. The monoisotopic (exact) mass is 358 g/mol. The van der Waals surface area contributed by atoms with Crippen LogP contribution in [0.3, 0.4) is 0 Å². The number of benzene rings is 2. The maximum Gasteiger partial charge on any atom is 0.188 e. The third kappa shape index (κ3) is 4.50. The van der Waals surface area contributed by atoms with Crippen LogP contribution in [-0.2, 0) is 32.2 Å². The van der Waals surface area contributed by atoms with E-state index in [0.29, 0.717) is 19.8 Å². The van der Waals surface area contributed by atoms with Gasteiger partial charge >= 0.3 is 0 Å². The third-order valence-corrected chi connectivity index (χ3v) is 4.57. The Morgan fingerprint density at radius 2 is 1.54 bits per heavy atom. The number of hydrogen-bond donors (Lipinski definition) is 1. The van der Waals surface area contributed by atoms with Gasteiger partial charge in [-0.05, 0) is 18.1 Å². The van der Waals surface area contributed by atoms with Crippen molar-refractivity contribution < 1.29 is 24.1 Å². The zero-order chi connectivity index (χ0) is 18.4. The molecule has 1 unspecified atom stereocenters. The number of methoxy groups -OCH3 is 1. The summed E-state index contributed by atoms with van der Waals surface area (Å²) in [5, 5.41) is 10.8. The van der Waals surface area contributed by atoms with Crippen LogP contribution in [0, 0.1) is 0 Å². The molecule has 5 nitrogen and oxygen atoms in total. The zero-order valence-electron chi connectivity index (χ0n) is 15.2. The number of ether oxygens (including phenoxy) is 4. The summed E-state index contributed by atoms with van der Waals surface area (Å²) in [6, 6.07) is 19.8. The van der Waals surface area contributed by atoms with Crippen molar-refractivity contribution >= 4 is 0 Å². The van der Waals surface area contributed by atoms with E-state index in [-0.39, 0.29) is 0 Å². The van der Waals surface area contributed by atoms with Crippen LogP contribution in [0.1, 0.15) is 18.1 Å². The molecule has 0 bridgehead atoms. The second-order valence-electron chi connectivity index (χ2n) is 6.69. The molecule has 0 saturated carbocycles. The van der Waals surface area contributed by atoms with Crippen molar-refractivity contribution in [2.45, 2.75) is 44.2 Å². The van der Waals surface area contributed by atoms with Crippen molar-refractivity contribution in [2.24, 2.45) is 0 Å². The van der Waals surface area contributed by atoms with Crippen molar-refractivity contribution in [2.75, 3.05) is 13.7 Å². The molecule has 0 amide bonds. The summed E-state index contributed by atoms with van der Waals surface area (Å²) in [4.78, 5) is 0. The Morgan fingerprint density at radius 1 is 0.962 bits per heavy atom. The molecule has 1 N–H and O–H groups in total. The van der Waals surface area contributed by atoms with E-state index in [1.165, 1.54) is 7.11 Å². The minimum absolute atomic E-state index is 0.310. The zero-order valence-corrected chi connectivity index (χ0v) is 15.2. The van der Waals surface area contributed by atoms with E-state index in [2.05, 4.69) is 0 Å². The topological polar surface area (TPSA) is 57.2 Å². The van der Waals surface area contributed by atoms with Crippen molar-refractivity contribution in [3.05, 3.63) is 71.8 Å². The molecular weight excluding hydrogens is 332 g/mol. The van der Waals surface area contributed by atoms with Crippen molar-refractivity contribution in [1.82, 2.24) is 0 Å². The van der Waals surface area contributed by atoms with Crippen LogP contribution >= 0.6 is 0 Å². The molecule has 0 aliphatic carbocycles. The van der Waals surface area contributed by atoms with Gasteiger partial charge in [0.05, 0.1) is 19.8 Å². The van der Waals surface area contributed by atoms with E-state index in [1.807, 2.05) is 60.7 Å². The fraction of sp³-hybridized carbons (Fsp3) is 0.429. The van der Waals surface area contributed by atoms with Gasteiger partial charge in [-0.25, -0.2) is 0 Å². The molecule has 26 heavy (non-hydrogen) atoms. The standard InChI is InChI=1S/C21H26O5/c1-21(22)19(25-14-17-11-7-4-8-12-17)18(26-20(21)23-2)15-24-13-16-9-5-3-6-10-16/h3-12,18-20,22H,13-15H2,1-2H3/t18-,19-,20?,21-/m1/s1. The van der Waals surface area contributed by atoms with E-state index < -0.39 is 24.1 Å². The average Bonchev–Trinajstić information content (AvgIpc) is 2.91. The molecule has 140 valence electrons. The highest BCUT2D eigenvalue weighted by atomic mass is 16.7. The van der Waals surface area contributed by atoms with Crippen molar-refractivity contribution in [1.29, 1.82) is 0 Å². The average molecular weight is 358 g/mol. The predicted octanol–water partition coefficient (Wildman–Crippen LogP) is 2.91. The molecule has 1 heterocycles. The molecule has 0 aromatic heterocycles. The molecule has 2 aromatic rings. The van der Waals surface area contributed by atoms with E-state index in [0.717, 1.165) is 11.1 Å². The normalized spacial score (nSPS) is 28.3. The maximum atomic E-state index is 10.8. The van der Waals surface area contributed by atoms with Crippen LogP contribution in [0.15, 0.2) is 60.7 Å². The van der Waals surface area contributed by atoms with E-state index in [4.69, 9.17) is 18.9 Å². The second-order valence-corrected chi connectivity index (χ2v) is 6.69. The fourth-order valence-electron chi connectivity index (χ4n) is 3.20. The Hall–Kier alpha value is -1.76. The first-order valence-electron chi connectivity index (χ1n) is 8.79. The van der Waals surface area contributed by atoms with E-state index in [9.17, 15) is 5.11 Å². The summed E-state index contributed by atoms with van der Waals surface area (Å²) >= 11 is 0. The van der Waals surface area contributed by atoms with Crippen molar-refractivity contribution in [3.63, 3.8) is 0 Å². The molecule has 0 radical (unpaired) electrons. The molecule has 3 rings (SSSR count). The highest BCUT2D eigenvalue weighted by Gasteiger charge is 2.54. The lowest BCUT2D eigenvalue weighted by atomic mass is 9.97. The van der Waals surface area contributed by atoms with Gasteiger partial charge in [0, 0.05) is 7.11 Å². The van der Waals surface area contributed by atoms with Gasteiger partial charge in [-0.1, -0.05) is 60.7 Å². The highest BCUT2D eigenvalue weighted by molar-refractivity contribution is 5.14. The molecule has 5 heteroatoms. The Morgan fingerprint density at radius 3 is 2.12 bits per heavy atom. The van der Waals surface area contributed by atoms with Gasteiger partial charge in [0.1, 0.15) is 17.8 Å². The minimum atomic E-state index is -1.26. The summed E-state index contributed by atoms with van der Waals surface area (Å²) in [7, 11) is 1.51. The Balaban J connectivity index is 1.61. The summed E-state index contributed by atoms with van der Waals surface area (Å²) in [5.74, 6) is 0. The quantitative estimate of drug-likeness (QED) is 0.786. The molecule has 1 aliphatic rings. The molecule has 1 aliphatic heterocycles. The second kappa shape index (κ2) is 8.75. The van der Waals surface area contributed by atoms with Gasteiger partial charge in [-0.15, -0.1) is 0 Å². The molecule has 0 spiro atoms. The van der Waals surface area contributed by atoms with E-state index >= 15 is 0 Å². The predicted molar refractivity (Wildman–Crippen MR) is 97.4 cm³/mol. The lowest BCUT2D eigenvalue weighted by Crippen LogP contribution is -2.48. The lowest BCUT2D eigenvalue weighted by molar-refractivity contribution is -0.190. The molecule has 4 atom stereocenters. The van der Waals surface area contributed by atoms with Gasteiger partial charge < -0.3 is 24.1 Å². The maximum absolute atomic E-state index is 10.8. The number of aliphatic hydroxyl groups is 1. The smallest absolute Gasteiger partial charge is 0.188 e. The number of rotatable bonds is 8. The molecule has 1 fully saturated rings. The Labute approximate surface area is 154 Å². The van der Waals surface area contributed by atoms with Crippen LogP contribution in [0.4, 0.5) is 0 Å². The summed E-state index contributed by atoms with van der Waals surface area (Å²) in [6.45, 7) is 2.85. The molecule has 2 aromatic carbocycles. The van der Waals surface area contributed by atoms with Gasteiger partial charge in [0.15, 0.2) is 6.29 Å². The van der Waals surface area contributed by atoms with Crippen LogP contribution < -0.4 is 0 Å². The van der Waals surface area contributed by atoms with Crippen LogP contribution in [0.5, 0.6) is 0 Å². The summed E-state index contributed by atoms with van der Waals surface area (Å²) in [5.41, 5.74) is 0.861. The van der Waals surface area contributed by atoms with Crippen molar-refractivity contribution in [3.8, 4) is 0 Å². The van der Waals surface area contributed by atoms with Gasteiger partial charge in [0.25, 0.3) is 0 Å². The molecule has 1 saturated heterocycles. The van der Waals surface area contributed by atoms with Crippen LogP contribution in [0.25, 0.3) is 0 Å². The van der Waals surface area contributed by atoms with E-state index in [1.54, 1.807) is 6.92 Å². The minimum Gasteiger partial charge on any atom is -0.382 e. The number of hydrogen-bond acceptors (Lipinski definition) is 5. The van der Waals surface area contributed by atoms with Gasteiger partial charge in [0.2, 0.25) is 0 Å². The first kappa shape index (κ1) is 19.0. The lowest BCUT2D eigenvalue weighted by Gasteiger charge is -2.29. The van der Waals surface area contributed by atoms with Gasteiger partial charge in [-0.2, -0.15) is 0 Å². The Kier molecular flexibility index (Phi) is 6.40. The third-order valence-electron chi connectivity index (χ3n) is 4.57. The first-order valence-corrected chi connectivity index (χ1v) is 8.79. The molecular formula is C21H26O5. The fourth-order valence-corrected chi connectivity index (χ4v) is 3.20. The SMILES string of the molecule is COC1O[C@H](COCc2ccccc2)[C@@H](OCc2ccccc2)[C@@]1(C)O. The van der Waals surface area contributed by atoms with Crippen LogP contribution in [0.2, 0.25) is 0 Å². The van der Waals surface area contributed by atoms with Gasteiger partial charge in [-0.3, -0.25) is 0 Å². The Bertz CT molecular complexity index is 659. The summed E-state index contributed by atoms with van der Waals surface area (Å²) in [6.07, 6.45) is -1.72.